The zero-order valence-electron chi connectivity index (χ0n) is 48.6. The molecular weight excluding hydrogens is 1030 g/mol. The highest BCUT2D eigenvalue weighted by molar-refractivity contribution is 6.80. The molecule has 0 saturated heterocycles. The lowest BCUT2D eigenvalue weighted by molar-refractivity contribution is -0.151. The van der Waals surface area contributed by atoms with Crippen molar-refractivity contribution < 1.29 is 66.0 Å². The number of esters is 2. The molecule has 0 aromatic heterocycles. The maximum Gasteiger partial charge on any atom is 0.409 e. The Labute approximate surface area is 457 Å². The van der Waals surface area contributed by atoms with Crippen LogP contribution in [0.15, 0.2) is 24.3 Å². The van der Waals surface area contributed by atoms with Crippen LogP contribution < -0.4 is 21.3 Å². The van der Waals surface area contributed by atoms with Crippen molar-refractivity contribution in [1.82, 2.24) is 21.3 Å². The zero-order valence-corrected chi connectivity index (χ0v) is 52.6. The fourth-order valence-electron chi connectivity index (χ4n) is 7.76. The third kappa shape index (κ3) is 40.3. The molecule has 0 spiro atoms. The molecule has 0 aliphatic carbocycles. The highest BCUT2D eigenvalue weighted by Gasteiger charge is 2.37. The van der Waals surface area contributed by atoms with Gasteiger partial charge in [-0.1, -0.05) is 123 Å². The molecule has 0 aliphatic heterocycles. The van der Waals surface area contributed by atoms with Crippen LogP contribution in [0.25, 0.3) is 0 Å². The summed E-state index contributed by atoms with van der Waals surface area (Å²) < 4.78 is 43.9. The van der Waals surface area contributed by atoms with Crippen LogP contribution in [0.3, 0.4) is 0 Å². The van der Waals surface area contributed by atoms with Gasteiger partial charge in [0.05, 0.1) is 57.4 Å². The van der Waals surface area contributed by atoms with Crippen molar-refractivity contribution in [2.24, 2.45) is 0 Å². The van der Waals surface area contributed by atoms with Crippen LogP contribution in [-0.4, -0.2) is 135 Å². The van der Waals surface area contributed by atoms with E-state index in [9.17, 15) is 28.8 Å². The van der Waals surface area contributed by atoms with Gasteiger partial charge in [-0.3, -0.25) is 4.79 Å². The number of ether oxygens (including phenoxy) is 6. The normalized spacial score (nSPS) is 12.1. The summed E-state index contributed by atoms with van der Waals surface area (Å²) in [5.41, 5.74) is 0.798. The van der Waals surface area contributed by atoms with Crippen molar-refractivity contribution in [3.05, 3.63) is 24.3 Å². The fraction of sp³-hybridized carbons (Fsp3) is 0.811. The summed E-state index contributed by atoms with van der Waals surface area (Å²) in [4.78, 5) is 71.1. The molecule has 0 heterocycles. The minimum atomic E-state index is -1.86. The third-order valence-electron chi connectivity index (χ3n) is 13.1. The van der Waals surface area contributed by atoms with Crippen LogP contribution in [0.5, 0.6) is 0 Å². The number of amides is 4. The van der Waals surface area contributed by atoms with Crippen LogP contribution in [0.4, 0.5) is 14.4 Å². The van der Waals surface area contributed by atoms with Gasteiger partial charge in [-0.25, -0.2) is 24.0 Å². The highest BCUT2D eigenvalue weighted by Crippen LogP contribution is 2.44. The second-order valence-corrected chi connectivity index (χ2v) is 38.7. The Morgan fingerprint density at radius 3 is 1.56 bits per heavy atom. The van der Waals surface area contributed by atoms with Crippen molar-refractivity contribution in [1.29, 1.82) is 0 Å². The molecule has 0 saturated carbocycles. The Kier molecular flexibility index (Phi) is 37.9. The van der Waals surface area contributed by atoms with E-state index in [2.05, 4.69) is 101 Å². The smallest absolute Gasteiger partial charge is 0.409 e. The molecule has 22 heteroatoms. The molecule has 0 aromatic rings. The van der Waals surface area contributed by atoms with Gasteiger partial charge in [0.15, 0.2) is 30.0 Å². The van der Waals surface area contributed by atoms with E-state index in [1.165, 1.54) is 12.5 Å². The van der Waals surface area contributed by atoms with Crippen molar-refractivity contribution in [2.45, 2.75) is 218 Å². The van der Waals surface area contributed by atoms with Gasteiger partial charge in [0.25, 0.3) is 5.91 Å². The average Bonchev–Trinajstić information content (AvgIpc) is 3.31. The van der Waals surface area contributed by atoms with Gasteiger partial charge in [0, 0.05) is 23.0 Å². The maximum atomic E-state index is 12.1. The molecule has 0 unspecified atom stereocenters. The van der Waals surface area contributed by atoms with Crippen LogP contribution in [-0.2, 0) is 51.7 Å². The minimum absolute atomic E-state index is 0.0294. The zero-order chi connectivity index (χ0) is 56.8. The molecule has 0 aromatic carbocycles. The molecule has 4 N–H and O–H groups in total. The lowest BCUT2D eigenvalue weighted by Crippen LogP contribution is -2.44. The first-order chi connectivity index (χ1) is 35.1. The summed E-state index contributed by atoms with van der Waals surface area (Å²) in [7, 11) is -4.40. The van der Waals surface area contributed by atoms with E-state index in [0.29, 0.717) is 35.8 Å². The molecule has 434 valence electrons. The largest absolute Gasteiger partial charge is 0.462 e. The number of hydrogen-bond acceptors (Lipinski definition) is 14. The van der Waals surface area contributed by atoms with Crippen molar-refractivity contribution in [2.75, 3.05) is 59.8 Å². The lowest BCUT2D eigenvalue weighted by Gasteiger charge is -2.40. The minimum Gasteiger partial charge on any atom is -0.462 e. The first kappa shape index (κ1) is 71.4. The van der Waals surface area contributed by atoms with E-state index in [1.54, 1.807) is 13.8 Å². The Hall–Kier alpha value is -3.55. The van der Waals surface area contributed by atoms with E-state index in [-0.39, 0.29) is 44.5 Å². The number of carbonyl (C=O) groups is 6. The molecule has 0 bridgehead atoms. The van der Waals surface area contributed by atoms with Crippen molar-refractivity contribution in [3.8, 4) is 0 Å². The number of alkyl carbamates (subject to hydrolysis) is 3. The molecule has 0 rings (SSSR count). The molecule has 75 heavy (non-hydrogen) atoms. The second kappa shape index (κ2) is 39.8. The van der Waals surface area contributed by atoms with Crippen LogP contribution in [0.1, 0.15) is 144 Å². The topological polar surface area (TPSA) is 224 Å². The van der Waals surface area contributed by atoms with E-state index in [1.807, 2.05) is 0 Å². The summed E-state index contributed by atoms with van der Waals surface area (Å²) >= 11 is 0. The predicted molar refractivity (Wildman–Crippen MR) is 305 cm³/mol. The van der Waals surface area contributed by atoms with Crippen molar-refractivity contribution in [3.63, 3.8) is 0 Å². The first-order valence-corrected chi connectivity index (χ1v) is 38.1. The molecular formula is C53H102N4O14Si4. The maximum absolute atomic E-state index is 12.1. The molecule has 0 atom stereocenters. The monoisotopic (exact) mass is 1130 g/mol. The quantitative estimate of drug-likeness (QED) is 0.0111. The highest BCUT2D eigenvalue weighted by atomic mass is 28.4. The van der Waals surface area contributed by atoms with Gasteiger partial charge in [0.2, 0.25) is 0 Å². The van der Waals surface area contributed by atoms with Gasteiger partial charge in [0.1, 0.15) is 0 Å². The van der Waals surface area contributed by atoms with Gasteiger partial charge in [-0.2, -0.15) is 0 Å². The molecule has 4 amide bonds. The number of carbonyl (C=O) groups excluding carboxylic acids is 6. The summed E-state index contributed by atoms with van der Waals surface area (Å²) in [6.45, 7) is 34.8. The van der Waals surface area contributed by atoms with Crippen LogP contribution >= 0.6 is 0 Å². The summed E-state index contributed by atoms with van der Waals surface area (Å²) in [5.74, 6) is -1.38. The fourth-order valence-corrected chi connectivity index (χ4v) is 17.1. The van der Waals surface area contributed by atoms with E-state index < -0.39 is 61.5 Å². The SMILES string of the molecule is C=C(C)C(=O)OCCCCC[Si](C)(C)OC(C)(C)[Si]CCCCCCCCOC(=O)NCNC(=O)OCC(=O)NCNC(=O)OCCCC[Si](C)(C)OCCCCC(C)(C)[Si](C)(C)CCCCOCOC(=O)C(=C)C. The first-order valence-electron chi connectivity index (χ1n) is 27.4. The van der Waals surface area contributed by atoms with Gasteiger partial charge in [-0.05, 0) is 103 Å². The molecule has 0 aliphatic rings. The Morgan fingerprint density at radius 1 is 0.493 bits per heavy atom. The number of nitrogens with one attached hydrogen (secondary N) is 4. The van der Waals surface area contributed by atoms with Gasteiger partial charge >= 0.3 is 30.2 Å². The number of hydrogen-bond donors (Lipinski definition) is 4. The van der Waals surface area contributed by atoms with Crippen molar-refractivity contribution >= 4 is 70.4 Å². The Bertz CT molecular complexity index is 1700. The third-order valence-corrected chi connectivity index (χ3v) is 25.5. The summed E-state index contributed by atoms with van der Waals surface area (Å²) in [6.07, 6.45) is 13.8. The lowest BCUT2D eigenvalue weighted by atomic mass is 10.1. The molecule has 18 nitrogen and oxygen atoms in total. The molecule has 2 radical (unpaired) electrons. The number of rotatable bonds is 45. The van der Waals surface area contributed by atoms with Gasteiger partial charge in [-0.15, -0.1) is 0 Å². The van der Waals surface area contributed by atoms with E-state index in [0.717, 1.165) is 124 Å². The summed E-state index contributed by atoms with van der Waals surface area (Å²) in [5, 5.41) is 9.77. The number of unbranched alkanes of at least 4 members (excludes halogenated alkanes) is 10. The second-order valence-electron chi connectivity index (χ2n) is 22.5. The van der Waals surface area contributed by atoms with E-state index in [4.69, 9.17) is 37.3 Å². The van der Waals surface area contributed by atoms with E-state index >= 15 is 0 Å². The molecule has 0 fully saturated rings. The Balaban J connectivity index is 3.90. The van der Waals surface area contributed by atoms with Crippen LogP contribution in [0, 0.1) is 0 Å². The predicted octanol–water partition coefficient (Wildman–Crippen LogP) is 11.4. The standard InChI is InChI=1S/C53H102N4O14Si4/c1-44(2)47(59)65-32-22-19-27-39-75(13,14)71-53(7,8)72-36-26-18-16-15-17-21-33-66-50(62)56-42-57-51(63)68-40-46(58)54-41-55-49(61)67-34-25-29-38-74(11,12)70-35-23-20-30-52(5,6)73(9,10)37-28-24-31-64-43-69-48(60)45(3)4/h1,3,15-43H2,2,4-14H3,(H,54,58)(H,55,61)(H,56,62)(H,57,63). The van der Waals surface area contributed by atoms with Crippen LogP contribution in [0.2, 0.25) is 68.5 Å². The average molecular weight is 1130 g/mol. The van der Waals surface area contributed by atoms with Gasteiger partial charge < -0.3 is 58.5 Å². The Morgan fingerprint density at radius 2 is 0.947 bits per heavy atom. The summed E-state index contributed by atoms with van der Waals surface area (Å²) in [6, 6.07) is 4.40.